The van der Waals surface area contributed by atoms with Gasteiger partial charge in [-0.05, 0) is 29.8 Å². The summed E-state index contributed by atoms with van der Waals surface area (Å²) in [5, 5.41) is 12.1. The second-order valence-corrected chi connectivity index (χ2v) is 10.5. The topological polar surface area (TPSA) is 161 Å². The van der Waals surface area contributed by atoms with E-state index in [1.807, 2.05) is 0 Å². The molecule has 0 aliphatic carbocycles. The lowest BCUT2D eigenvalue weighted by Crippen LogP contribution is -2.41. The largest absolute Gasteiger partial charge is 0.504 e. The van der Waals surface area contributed by atoms with Gasteiger partial charge in [-0.25, -0.2) is 4.79 Å². The van der Waals surface area contributed by atoms with Crippen molar-refractivity contribution in [3.63, 3.8) is 0 Å². The van der Waals surface area contributed by atoms with Gasteiger partial charge in [0.25, 0.3) is 5.91 Å². The van der Waals surface area contributed by atoms with Gasteiger partial charge in [-0.3, -0.25) is 23.7 Å². The van der Waals surface area contributed by atoms with Crippen LogP contribution in [0.15, 0.2) is 58.4 Å². The molecule has 2 aromatic carbocycles. The highest BCUT2D eigenvalue weighted by Crippen LogP contribution is 2.53. The van der Waals surface area contributed by atoms with Crippen molar-refractivity contribution in [2.45, 2.75) is 22.7 Å². The van der Waals surface area contributed by atoms with E-state index in [0.29, 0.717) is 26.1 Å². The molecule has 2 unspecified atom stereocenters. The average molecular weight is 541 g/mol. The van der Waals surface area contributed by atoms with Crippen LogP contribution in [0.25, 0.3) is 0 Å². The summed E-state index contributed by atoms with van der Waals surface area (Å²) in [4.78, 5) is 64.6. The monoisotopic (exact) mass is 540 g/mol. The van der Waals surface area contributed by atoms with Gasteiger partial charge in [0.2, 0.25) is 11.8 Å². The summed E-state index contributed by atoms with van der Waals surface area (Å²) in [5.74, 6) is -3.87. The van der Waals surface area contributed by atoms with Gasteiger partial charge in [0.05, 0.1) is 18.1 Å². The molecule has 0 saturated carbocycles. The smallest absolute Gasteiger partial charge is 0.328 e. The number of nitrogens with two attached hydrogens (primary N) is 1. The van der Waals surface area contributed by atoms with E-state index in [1.165, 1.54) is 23.8 Å². The molecule has 4 N–H and O–H groups in total. The molecule has 3 aromatic rings. The van der Waals surface area contributed by atoms with Crippen LogP contribution in [-0.4, -0.2) is 50.7 Å². The van der Waals surface area contributed by atoms with Crippen LogP contribution in [0.3, 0.4) is 0 Å². The summed E-state index contributed by atoms with van der Waals surface area (Å²) in [6.07, 6.45) is 0. The number of likely N-dealkylation sites (tertiary alicyclic amines) is 1. The van der Waals surface area contributed by atoms with Gasteiger partial charge in [0.15, 0.2) is 11.5 Å². The Labute approximate surface area is 217 Å². The molecule has 1 aromatic heterocycles. The fourth-order valence-corrected chi connectivity index (χ4v) is 7.36. The second-order valence-electron chi connectivity index (χ2n) is 8.36. The van der Waals surface area contributed by atoms with E-state index in [2.05, 4.69) is 5.32 Å². The first kappa shape index (κ1) is 24.6. The van der Waals surface area contributed by atoms with Crippen LogP contribution in [0.4, 0.5) is 10.5 Å². The van der Waals surface area contributed by atoms with Crippen LogP contribution >= 0.6 is 23.1 Å². The Bertz CT molecular complexity index is 1500. The number of nitrogens with zero attached hydrogens (tertiary/aromatic N) is 2. The lowest BCUT2D eigenvalue weighted by Gasteiger charge is -2.30. The average Bonchev–Trinajstić information content (AvgIpc) is 3.31. The number of aromatic nitrogens is 1. The maximum atomic E-state index is 13.2. The number of aromatic hydroxyl groups is 1. The Morgan fingerprint density at radius 3 is 2.51 bits per heavy atom. The lowest BCUT2D eigenvalue weighted by molar-refractivity contribution is -0.135. The third kappa shape index (κ3) is 4.15. The van der Waals surface area contributed by atoms with E-state index in [4.69, 9.17) is 10.5 Å². The molecule has 11 nitrogen and oxygen atoms in total. The zero-order chi connectivity index (χ0) is 26.4. The van der Waals surface area contributed by atoms with Gasteiger partial charge < -0.3 is 20.9 Å². The molecular weight excluding hydrogens is 520 g/mol. The van der Waals surface area contributed by atoms with E-state index in [1.54, 1.807) is 36.4 Å². The summed E-state index contributed by atoms with van der Waals surface area (Å²) in [6, 6.07) is 12.0. The zero-order valence-corrected chi connectivity index (χ0v) is 20.9. The van der Waals surface area contributed by atoms with Gasteiger partial charge in [0, 0.05) is 16.5 Å². The van der Waals surface area contributed by atoms with Gasteiger partial charge >= 0.3 is 10.9 Å². The molecular formula is C24H20N4O7S2. The third-order valence-electron chi connectivity index (χ3n) is 6.19. The van der Waals surface area contributed by atoms with Crippen molar-refractivity contribution < 1.29 is 29.0 Å². The van der Waals surface area contributed by atoms with E-state index in [9.17, 15) is 29.1 Å². The minimum absolute atomic E-state index is 0.131. The maximum Gasteiger partial charge on any atom is 0.328 e. The molecule has 13 heteroatoms. The minimum Gasteiger partial charge on any atom is -0.504 e. The Morgan fingerprint density at radius 1 is 1.11 bits per heavy atom. The van der Waals surface area contributed by atoms with E-state index < -0.39 is 45.7 Å². The predicted octanol–water partition coefficient (Wildman–Crippen LogP) is 1.93. The quantitative estimate of drug-likeness (QED) is 0.414. The number of ether oxygens (including phenoxy) is 1. The number of carbonyl (C=O) groups excluding carboxylic acids is 4. The van der Waals surface area contributed by atoms with Crippen molar-refractivity contribution in [2.24, 2.45) is 11.7 Å². The van der Waals surface area contributed by atoms with Crippen LogP contribution in [0.5, 0.6) is 11.5 Å². The number of methoxy groups -OCH3 is 1. The number of imide groups is 3. The molecule has 37 heavy (non-hydrogen) atoms. The van der Waals surface area contributed by atoms with E-state index >= 15 is 0 Å². The van der Waals surface area contributed by atoms with Gasteiger partial charge in [-0.2, -0.15) is 4.90 Å². The second kappa shape index (κ2) is 9.41. The molecule has 5 rings (SSSR count). The van der Waals surface area contributed by atoms with Gasteiger partial charge in [-0.15, -0.1) is 0 Å². The highest BCUT2D eigenvalue weighted by Gasteiger charge is 2.58. The number of carbonyl (C=O) groups is 4. The maximum absolute atomic E-state index is 13.2. The van der Waals surface area contributed by atoms with Crippen molar-refractivity contribution in [3.05, 3.63) is 68.6 Å². The number of thiazole rings is 1. The van der Waals surface area contributed by atoms with Crippen LogP contribution in [0.1, 0.15) is 16.4 Å². The molecule has 0 spiro atoms. The summed E-state index contributed by atoms with van der Waals surface area (Å²) in [6.45, 7) is -0.322. The Kier molecular flexibility index (Phi) is 6.25. The number of hydrogen-bond donors (Lipinski definition) is 3. The molecule has 0 radical (unpaired) electrons. The molecule has 3 atom stereocenters. The molecule has 0 bridgehead atoms. The zero-order valence-electron chi connectivity index (χ0n) is 19.2. The SMILES string of the molecule is COc1cc([C@@H]2c3sc(=O)n(CC(=O)Nc4ccccc4)c3SC3C(=O)N(C(N)=O)C(=O)C32)ccc1O. The number of urea groups is 1. The fourth-order valence-electron chi connectivity index (χ4n) is 4.58. The molecule has 1 fully saturated rings. The highest BCUT2D eigenvalue weighted by atomic mass is 32.2. The Morgan fingerprint density at radius 2 is 1.84 bits per heavy atom. The number of fused-ring (bicyclic) bond motifs is 2. The number of hydrogen-bond acceptors (Lipinski definition) is 9. The molecule has 3 heterocycles. The Balaban J connectivity index is 1.60. The van der Waals surface area contributed by atoms with Gasteiger partial charge in [0.1, 0.15) is 11.8 Å². The standard InChI is InChI=1S/C24H20N4O7S2/c1-35-14-9-11(7-8-13(14)29)16-17-18(21(32)28(20(17)31)23(25)33)36-22-19(16)37-24(34)27(22)10-15(30)26-12-5-3-2-4-6-12/h2-9,16-18,29H,10H2,1H3,(H2,25,33)(H,26,30)/t16-,17?,18?/m0/s1. The van der Waals surface area contributed by atoms with Crippen LogP contribution in [0, 0.1) is 5.92 Å². The number of nitrogens with one attached hydrogen (secondary N) is 1. The van der Waals surface area contributed by atoms with Crippen molar-refractivity contribution in [3.8, 4) is 11.5 Å². The predicted molar refractivity (Wildman–Crippen MR) is 135 cm³/mol. The Hall–Kier alpha value is -4.10. The van der Waals surface area contributed by atoms with Crippen molar-refractivity contribution in [1.82, 2.24) is 9.47 Å². The minimum atomic E-state index is -1.19. The molecule has 2 aliphatic rings. The van der Waals surface area contributed by atoms with Crippen LogP contribution < -0.4 is 20.7 Å². The third-order valence-corrected chi connectivity index (χ3v) is 8.80. The molecule has 2 aliphatic heterocycles. The first-order valence-corrected chi connectivity index (χ1v) is 12.7. The first-order chi connectivity index (χ1) is 17.7. The summed E-state index contributed by atoms with van der Waals surface area (Å²) >= 11 is 1.81. The number of rotatable bonds is 5. The fraction of sp³-hybridized carbons (Fsp3) is 0.208. The van der Waals surface area contributed by atoms with Crippen molar-refractivity contribution in [1.29, 1.82) is 0 Å². The normalized spacial score (nSPS) is 20.4. The first-order valence-electron chi connectivity index (χ1n) is 11.0. The number of para-hydroxylation sites is 1. The van der Waals surface area contributed by atoms with Crippen LogP contribution in [0.2, 0.25) is 0 Å². The van der Waals surface area contributed by atoms with Crippen LogP contribution in [-0.2, 0) is 20.9 Å². The number of anilines is 1. The number of thioether (sulfide) groups is 1. The molecule has 1 saturated heterocycles. The van der Waals surface area contributed by atoms with Crippen molar-refractivity contribution in [2.75, 3.05) is 12.4 Å². The number of phenols is 1. The summed E-state index contributed by atoms with van der Waals surface area (Å²) in [5.41, 5.74) is 6.38. The summed E-state index contributed by atoms with van der Waals surface area (Å²) < 4.78 is 6.47. The van der Waals surface area contributed by atoms with Gasteiger partial charge in [-0.1, -0.05) is 47.4 Å². The van der Waals surface area contributed by atoms with Crippen molar-refractivity contribution >= 4 is 52.5 Å². The molecule has 190 valence electrons. The summed E-state index contributed by atoms with van der Waals surface area (Å²) in [7, 11) is 1.36. The molecule has 5 amide bonds. The van der Waals surface area contributed by atoms with E-state index in [0.717, 1.165) is 23.1 Å². The number of benzene rings is 2. The number of primary amides is 1. The number of phenolic OH excluding ortho intramolecular Hbond substituents is 1. The highest BCUT2D eigenvalue weighted by molar-refractivity contribution is 8.00. The number of amides is 5. The lowest BCUT2D eigenvalue weighted by atomic mass is 9.83. The van der Waals surface area contributed by atoms with E-state index in [-0.39, 0.29) is 18.0 Å².